The fraction of sp³-hybridized carbons (Fsp3) is 0.500. The molecule has 0 spiro atoms. The maximum Gasteiger partial charge on any atom is 0.152 e. The van der Waals surface area contributed by atoms with Gasteiger partial charge in [-0.15, -0.1) is 0 Å². The van der Waals surface area contributed by atoms with E-state index in [1.54, 1.807) is 0 Å². The average Bonchev–Trinajstić information content (AvgIpc) is 3.44. The van der Waals surface area contributed by atoms with E-state index in [-0.39, 0.29) is 0 Å². The van der Waals surface area contributed by atoms with Gasteiger partial charge < -0.3 is 24.0 Å². The second kappa shape index (κ2) is 12.9. The Morgan fingerprint density at radius 2 is 1.27 bits per heavy atom. The Hall–Kier alpha value is -2.36. The molecule has 0 aromatic carbocycles. The molecule has 0 radical (unpaired) electrons. The maximum absolute atomic E-state index is 5.99. The number of ether oxygens (including phenoxy) is 2. The molecular weight excluding hydrogens is 524 g/mol. The summed E-state index contributed by atoms with van der Waals surface area (Å²) in [7, 11) is -2.06. The summed E-state index contributed by atoms with van der Waals surface area (Å²) in [6.07, 6.45) is 6.84. The van der Waals surface area contributed by atoms with Crippen molar-refractivity contribution in [1.29, 1.82) is 0 Å². The van der Waals surface area contributed by atoms with Gasteiger partial charge in [0, 0.05) is 41.8 Å². The molecule has 0 amide bonds. The minimum absolute atomic E-state index is 0.487. The van der Waals surface area contributed by atoms with E-state index in [0.29, 0.717) is 24.4 Å². The van der Waals surface area contributed by atoms with Crippen LogP contribution < -0.4 is 11.3 Å². The van der Waals surface area contributed by atoms with E-state index in [1.807, 2.05) is 33.7 Å². The van der Waals surface area contributed by atoms with Crippen molar-refractivity contribution in [1.82, 2.24) is 29.1 Å². The van der Waals surface area contributed by atoms with E-state index in [2.05, 4.69) is 64.6 Å². The minimum atomic E-state index is -1.03. The molecule has 0 saturated carbocycles. The molecule has 0 atom stereocenters. The van der Waals surface area contributed by atoms with Crippen molar-refractivity contribution >= 4 is 55.6 Å². The normalized spacial score (nSPS) is 12.1. The molecule has 0 bridgehead atoms. The number of anilines is 1. The van der Waals surface area contributed by atoms with Gasteiger partial charge in [0.2, 0.25) is 0 Å². The van der Waals surface area contributed by atoms with E-state index in [4.69, 9.17) is 26.9 Å². The van der Waals surface area contributed by atoms with Gasteiger partial charge in [0.1, 0.15) is 42.6 Å². The van der Waals surface area contributed by atoms with Gasteiger partial charge in [0.05, 0.1) is 10.8 Å². The molecule has 13 heteroatoms. The first-order valence-corrected chi connectivity index (χ1v) is 20.1. The van der Waals surface area contributed by atoms with Gasteiger partial charge in [-0.1, -0.05) is 50.9 Å². The number of hydrazine groups is 1. The zero-order valence-electron chi connectivity index (χ0n) is 22.7. The zero-order chi connectivity index (χ0) is 27.1. The van der Waals surface area contributed by atoms with E-state index < -0.39 is 16.1 Å². The number of hydrogen-bond acceptors (Lipinski definition) is 8. The Balaban J connectivity index is 0.000000206. The van der Waals surface area contributed by atoms with Crippen LogP contribution in [0, 0.1) is 0 Å². The number of fused-ring (bicyclic) bond motifs is 2. The summed E-state index contributed by atoms with van der Waals surface area (Å²) >= 11 is 5.99. The lowest BCUT2D eigenvalue weighted by Crippen LogP contribution is -2.22. The van der Waals surface area contributed by atoms with Crippen LogP contribution in [0.5, 0.6) is 0 Å². The lowest BCUT2D eigenvalue weighted by molar-refractivity contribution is 0.0898. The first-order chi connectivity index (χ1) is 17.5. The SMILES string of the molecule is C[Si](C)(C)CCOCn1ccc2c(Cl)ncnc21.C[Si](C)(C)CCOCn1ccc2c(NN)ncnc21. The Bertz CT molecular complexity index is 1280. The molecule has 0 aliphatic carbocycles. The van der Waals surface area contributed by atoms with Gasteiger partial charge >= 0.3 is 0 Å². The third kappa shape index (κ3) is 8.87. The standard InChI is InChI=1S/C12H18ClN3OSi.C12H21N5OSi/c1-18(2,3)7-6-17-9-16-5-4-10-11(13)14-8-15-12(10)16;1-19(2,3)7-6-18-9-17-5-4-10-11(16-13)14-8-15-12(10)17/h4-5,8H,6-7,9H2,1-3H3;4-5,8H,6-7,9,13H2,1-3H3,(H,14,15,16). The number of rotatable bonds is 11. The molecule has 37 heavy (non-hydrogen) atoms. The monoisotopic (exact) mass is 562 g/mol. The van der Waals surface area contributed by atoms with Crippen LogP contribution in [0.4, 0.5) is 5.82 Å². The van der Waals surface area contributed by atoms with Crippen LogP contribution in [-0.4, -0.2) is 58.4 Å². The van der Waals surface area contributed by atoms with Gasteiger partial charge in [-0.2, -0.15) is 0 Å². The van der Waals surface area contributed by atoms with Crippen molar-refractivity contribution in [2.45, 2.75) is 64.8 Å². The van der Waals surface area contributed by atoms with Crippen molar-refractivity contribution < 1.29 is 9.47 Å². The van der Waals surface area contributed by atoms with Crippen LogP contribution >= 0.6 is 11.6 Å². The summed E-state index contributed by atoms with van der Waals surface area (Å²) in [6, 6.07) is 6.19. The topological polar surface area (TPSA) is 118 Å². The highest BCUT2D eigenvalue weighted by Crippen LogP contribution is 2.21. The first kappa shape index (κ1) is 29.2. The van der Waals surface area contributed by atoms with Crippen LogP contribution in [0.1, 0.15) is 0 Å². The average molecular weight is 563 g/mol. The number of halogens is 1. The van der Waals surface area contributed by atoms with Crippen LogP contribution in [0.2, 0.25) is 56.5 Å². The third-order valence-corrected chi connectivity index (χ3v) is 9.36. The molecule has 4 rings (SSSR count). The van der Waals surface area contributed by atoms with Crippen LogP contribution in [0.15, 0.2) is 37.2 Å². The fourth-order valence-electron chi connectivity index (χ4n) is 3.38. The highest BCUT2D eigenvalue weighted by atomic mass is 35.5. The first-order valence-electron chi connectivity index (χ1n) is 12.4. The summed E-state index contributed by atoms with van der Waals surface area (Å²) in [6.45, 7) is 16.7. The second-order valence-corrected chi connectivity index (χ2v) is 22.9. The van der Waals surface area contributed by atoms with Gasteiger partial charge in [0.15, 0.2) is 5.82 Å². The van der Waals surface area contributed by atoms with Crippen LogP contribution in [-0.2, 0) is 22.9 Å². The summed E-state index contributed by atoms with van der Waals surface area (Å²) in [4.78, 5) is 16.5. The number of nitrogen functional groups attached to an aromatic ring is 1. The summed E-state index contributed by atoms with van der Waals surface area (Å²) < 4.78 is 15.3. The third-order valence-electron chi connectivity index (χ3n) is 5.65. The number of aromatic nitrogens is 6. The maximum atomic E-state index is 5.99. The Morgan fingerprint density at radius 1 is 0.784 bits per heavy atom. The number of hydrogen-bond donors (Lipinski definition) is 2. The number of nitrogens with one attached hydrogen (secondary N) is 1. The molecule has 202 valence electrons. The number of nitrogens with two attached hydrogens (primary N) is 1. The summed E-state index contributed by atoms with van der Waals surface area (Å²) in [5, 5.41) is 2.26. The lowest BCUT2D eigenvalue weighted by Gasteiger charge is -2.15. The fourth-order valence-corrected chi connectivity index (χ4v) is 5.09. The Kier molecular flexibility index (Phi) is 10.2. The van der Waals surface area contributed by atoms with Gasteiger partial charge in [0.25, 0.3) is 0 Å². The highest BCUT2D eigenvalue weighted by molar-refractivity contribution is 6.76. The largest absolute Gasteiger partial charge is 0.361 e. The van der Waals surface area contributed by atoms with Crippen molar-refractivity contribution in [3.05, 3.63) is 42.3 Å². The van der Waals surface area contributed by atoms with E-state index in [9.17, 15) is 0 Å². The zero-order valence-corrected chi connectivity index (χ0v) is 25.4. The number of nitrogens with zero attached hydrogens (tertiary/aromatic N) is 6. The smallest absolute Gasteiger partial charge is 0.152 e. The molecule has 0 aliphatic heterocycles. The molecule has 4 aromatic rings. The quantitative estimate of drug-likeness (QED) is 0.0817. The Labute approximate surface area is 225 Å². The molecule has 10 nitrogen and oxygen atoms in total. The van der Waals surface area contributed by atoms with Crippen molar-refractivity contribution in [2.24, 2.45) is 5.84 Å². The lowest BCUT2D eigenvalue weighted by atomic mass is 10.4. The van der Waals surface area contributed by atoms with E-state index >= 15 is 0 Å². The predicted molar refractivity (Wildman–Crippen MR) is 156 cm³/mol. The van der Waals surface area contributed by atoms with Gasteiger partial charge in [-0.3, -0.25) is 0 Å². The summed E-state index contributed by atoms with van der Waals surface area (Å²) in [5.41, 5.74) is 4.22. The minimum Gasteiger partial charge on any atom is -0.361 e. The van der Waals surface area contributed by atoms with Gasteiger partial charge in [-0.05, 0) is 24.2 Å². The molecule has 0 fully saturated rings. The molecule has 0 aliphatic rings. The van der Waals surface area contributed by atoms with E-state index in [0.717, 1.165) is 41.3 Å². The molecule has 0 saturated heterocycles. The molecule has 4 heterocycles. The van der Waals surface area contributed by atoms with Crippen LogP contribution in [0.3, 0.4) is 0 Å². The van der Waals surface area contributed by atoms with E-state index in [1.165, 1.54) is 18.7 Å². The predicted octanol–water partition coefficient (Wildman–Crippen LogP) is 5.43. The Morgan fingerprint density at radius 3 is 1.78 bits per heavy atom. The molecule has 4 aromatic heterocycles. The van der Waals surface area contributed by atoms with Gasteiger partial charge in [-0.25, -0.2) is 25.8 Å². The second-order valence-electron chi connectivity index (χ2n) is 11.3. The van der Waals surface area contributed by atoms with Crippen LogP contribution in [0.25, 0.3) is 22.1 Å². The van der Waals surface area contributed by atoms with Crippen molar-refractivity contribution in [3.63, 3.8) is 0 Å². The van der Waals surface area contributed by atoms with Crippen molar-refractivity contribution in [2.75, 3.05) is 18.6 Å². The molecular formula is C24H39ClN8O2Si2. The van der Waals surface area contributed by atoms with Crippen molar-refractivity contribution in [3.8, 4) is 0 Å². The highest BCUT2D eigenvalue weighted by Gasteiger charge is 2.14. The molecule has 0 unspecified atom stereocenters. The summed E-state index contributed by atoms with van der Waals surface area (Å²) in [5.74, 6) is 6.05. The molecule has 3 N–H and O–H groups in total.